The van der Waals surface area contributed by atoms with Gasteiger partial charge in [-0.15, -0.1) is 0 Å². The lowest BCUT2D eigenvalue weighted by molar-refractivity contribution is 0.144. The predicted octanol–water partition coefficient (Wildman–Crippen LogP) is 3.97. The molecule has 3 heterocycles. The number of nitrogens with zero attached hydrogens (tertiary/aromatic N) is 5. The zero-order valence-electron chi connectivity index (χ0n) is 15.3. The van der Waals surface area contributed by atoms with Crippen molar-refractivity contribution in [2.45, 2.75) is 12.2 Å². The largest absolute Gasteiger partial charge is 0.282 e. The van der Waals surface area contributed by atoms with E-state index < -0.39 is 16.2 Å². The highest BCUT2D eigenvalue weighted by molar-refractivity contribution is 7.90. The number of aromatic nitrogens is 5. The van der Waals surface area contributed by atoms with Gasteiger partial charge in [-0.25, -0.2) is 32.5 Å². The van der Waals surface area contributed by atoms with Crippen LogP contribution in [-0.4, -0.2) is 35.0 Å². The van der Waals surface area contributed by atoms with E-state index in [0.717, 1.165) is 11.1 Å². The lowest BCUT2D eigenvalue weighted by Crippen LogP contribution is -2.01. The highest BCUT2D eigenvalue weighted by atomic mass is 32.2. The first-order chi connectivity index (χ1) is 13.8. The number of benzene rings is 1. The number of fused-ring (bicyclic) bond motifs is 1. The first-order valence-corrected chi connectivity index (χ1v) is 10.7. The van der Waals surface area contributed by atoms with Crippen molar-refractivity contribution in [3.8, 4) is 22.6 Å². The van der Waals surface area contributed by atoms with E-state index in [2.05, 4.69) is 20.1 Å². The summed E-state index contributed by atoms with van der Waals surface area (Å²) in [4.78, 5) is 12.7. The molecule has 0 aliphatic heterocycles. The molecule has 148 valence electrons. The van der Waals surface area contributed by atoms with Crippen LogP contribution in [0.25, 0.3) is 28.3 Å². The summed E-state index contributed by atoms with van der Waals surface area (Å²) in [5, 5.41) is 3.96. The number of imidazole rings is 1. The minimum atomic E-state index is -2.69. The minimum Gasteiger partial charge on any atom is -0.253 e. The molecule has 0 saturated carbocycles. The number of alkyl halides is 2. The maximum absolute atomic E-state index is 13.0. The van der Waals surface area contributed by atoms with Crippen LogP contribution in [0.2, 0.25) is 0 Å². The second-order valence-corrected chi connectivity index (χ2v) is 8.91. The van der Waals surface area contributed by atoms with Crippen LogP contribution in [0.3, 0.4) is 0 Å². The molecule has 1 N–H and O–H groups in total. The molecule has 0 aliphatic carbocycles. The Kier molecular flexibility index (Phi) is 4.79. The van der Waals surface area contributed by atoms with Gasteiger partial charge in [-0.3, -0.25) is 4.78 Å². The highest BCUT2D eigenvalue weighted by Crippen LogP contribution is 2.25. The van der Waals surface area contributed by atoms with E-state index in [9.17, 15) is 13.0 Å². The molecule has 0 spiro atoms. The second-order valence-electron chi connectivity index (χ2n) is 6.61. The highest BCUT2D eigenvalue weighted by Gasteiger charge is 2.15. The van der Waals surface area contributed by atoms with E-state index in [1.54, 1.807) is 6.07 Å². The Morgan fingerprint density at radius 1 is 1.10 bits per heavy atom. The van der Waals surface area contributed by atoms with Gasteiger partial charge in [0, 0.05) is 21.5 Å². The average Bonchev–Trinajstić information content (AvgIpc) is 3.10. The van der Waals surface area contributed by atoms with Gasteiger partial charge >= 0.3 is 0 Å². The SMILES string of the molecule is CS(=N)(=O)Cc1cccc(-c2cc(-c3cnc4ccc(C(F)F)nn34)ncn2)c1. The summed E-state index contributed by atoms with van der Waals surface area (Å²) < 4.78 is 46.8. The molecule has 1 unspecified atom stereocenters. The molecule has 3 aromatic heterocycles. The van der Waals surface area contributed by atoms with Crippen molar-refractivity contribution in [1.82, 2.24) is 24.6 Å². The lowest BCUT2D eigenvalue weighted by atomic mass is 10.1. The second kappa shape index (κ2) is 7.28. The van der Waals surface area contributed by atoms with Gasteiger partial charge in [0.05, 0.1) is 23.3 Å². The van der Waals surface area contributed by atoms with Gasteiger partial charge in [0.2, 0.25) is 0 Å². The number of rotatable bonds is 5. The summed E-state index contributed by atoms with van der Waals surface area (Å²) in [6.07, 6.45) is 1.60. The summed E-state index contributed by atoms with van der Waals surface area (Å²) in [6.45, 7) is 0. The maximum Gasteiger partial charge on any atom is 0.282 e. The molecule has 10 heteroatoms. The van der Waals surface area contributed by atoms with Crippen LogP contribution in [0.4, 0.5) is 8.78 Å². The van der Waals surface area contributed by atoms with Crippen LogP contribution >= 0.6 is 0 Å². The van der Waals surface area contributed by atoms with Gasteiger partial charge in [0.25, 0.3) is 6.43 Å². The Morgan fingerprint density at radius 3 is 2.66 bits per heavy atom. The zero-order chi connectivity index (χ0) is 20.6. The Labute approximate surface area is 165 Å². The van der Waals surface area contributed by atoms with Gasteiger partial charge in [0.1, 0.15) is 17.7 Å². The van der Waals surface area contributed by atoms with Gasteiger partial charge in [-0.1, -0.05) is 18.2 Å². The van der Waals surface area contributed by atoms with E-state index in [0.29, 0.717) is 22.7 Å². The molecule has 7 nitrogen and oxygen atoms in total. The monoisotopic (exact) mass is 414 g/mol. The standard InChI is InChI=1S/C19H16F2N6OS/c1-29(22,28)10-12-3-2-4-13(7-12)15-8-16(25-11-24-15)17-9-23-18-6-5-14(19(20)21)26-27(17)18/h2-9,11,19,22H,10H2,1H3. The summed E-state index contributed by atoms with van der Waals surface area (Å²) in [7, 11) is -2.67. The van der Waals surface area contributed by atoms with Crippen LogP contribution < -0.4 is 0 Å². The molecular weight excluding hydrogens is 398 g/mol. The molecule has 29 heavy (non-hydrogen) atoms. The minimum absolute atomic E-state index is 0.145. The maximum atomic E-state index is 13.0. The first-order valence-electron chi connectivity index (χ1n) is 8.56. The molecule has 4 rings (SSSR count). The number of hydrogen-bond acceptors (Lipinski definition) is 6. The van der Waals surface area contributed by atoms with Gasteiger partial charge in [0.15, 0.2) is 5.65 Å². The van der Waals surface area contributed by atoms with Gasteiger partial charge in [-0.05, 0) is 29.8 Å². The molecule has 0 radical (unpaired) electrons. The molecule has 0 saturated heterocycles. The molecule has 1 aromatic carbocycles. The quantitative estimate of drug-likeness (QED) is 0.533. The third kappa shape index (κ3) is 4.11. The third-order valence-corrected chi connectivity index (χ3v) is 5.09. The van der Waals surface area contributed by atoms with Crippen molar-refractivity contribution in [3.63, 3.8) is 0 Å². The third-order valence-electron chi connectivity index (χ3n) is 4.20. The topological polar surface area (TPSA) is 96.9 Å². The molecule has 0 bridgehead atoms. The summed E-state index contributed by atoms with van der Waals surface area (Å²) in [5.41, 5.74) is 3.16. The van der Waals surface area contributed by atoms with Crippen molar-refractivity contribution in [3.05, 3.63) is 66.2 Å². The van der Waals surface area contributed by atoms with E-state index in [1.807, 2.05) is 24.3 Å². The summed E-state index contributed by atoms with van der Waals surface area (Å²) in [5.74, 6) is 0.145. The van der Waals surface area contributed by atoms with E-state index in [4.69, 9.17) is 4.78 Å². The number of nitrogens with one attached hydrogen (secondary N) is 1. The van der Waals surface area contributed by atoms with Crippen molar-refractivity contribution in [1.29, 1.82) is 4.78 Å². The van der Waals surface area contributed by atoms with Crippen LogP contribution in [0.15, 0.2) is 55.0 Å². The van der Waals surface area contributed by atoms with E-state index in [1.165, 1.54) is 35.4 Å². The number of halogens is 2. The fourth-order valence-corrected chi connectivity index (χ4v) is 3.79. The normalized spacial score (nSPS) is 13.7. The van der Waals surface area contributed by atoms with Gasteiger partial charge < -0.3 is 0 Å². The predicted molar refractivity (Wildman–Crippen MR) is 105 cm³/mol. The van der Waals surface area contributed by atoms with E-state index >= 15 is 0 Å². The summed E-state index contributed by atoms with van der Waals surface area (Å²) in [6, 6.07) is 11.7. The summed E-state index contributed by atoms with van der Waals surface area (Å²) >= 11 is 0. The molecule has 0 fully saturated rings. The van der Waals surface area contributed by atoms with Crippen molar-refractivity contribution in [2.75, 3.05) is 6.26 Å². The van der Waals surface area contributed by atoms with Crippen molar-refractivity contribution >= 4 is 15.4 Å². The Hall–Kier alpha value is -3.27. The van der Waals surface area contributed by atoms with Crippen LogP contribution in [0.1, 0.15) is 17.7 Å². The van der Waals surface area contributed by atoms with E-state index in [-0.39, 0.29) is 11.4 Å². The fourth-order valence-electron chi connectivity index (χ4n) is 2.97. The van der Waals surface area contributed by atoms with Crippen LogP contribution in [0, 0.1) is 4.78 Å². The zero-order valence-corrected chi connectivity index (χ0v) is 16.1. The molecule has 4 aromatic rings. The Bertz CT molecular complexity index is 1300. The average molecular weight is 414 g/mol. The molecular formula is C19H16F2N6OS. The molecule has 0 aliphatic rings. The van der Waals surface area contributed by atoms with Gasteiger partial charge in [-0.2, -0.15) is 5.10 Å². The molecule has 0 amide bonds. The first kappa shape index (κ1) is 19.1. The number of hydrogen-bond donors (Lipinski definition) is 1. The fraction of sp³-hybridized carbons (Fsp3) is 0.158. The molecule has 1 atom stereocenters. The lowest BCUT2D eigenvalue weighted by Gasteiger charge is -2.07. The Morgan fingerprint density at radius 2 is 1.90 bits per heavy atom. The smallest absolute Gasteiger partial charge is 0.253 e. The van der Waals surface area contributed by atoms with Crippen LogP contribution in [0.5, 0.6) is 0 Å². The van der Waals surface area contributed by atoms with Crippen molar-refractivity contribution < 1.29 is 13.0 Å². The Balaban J connectivity index is 1.76. The van der Waals surface area contributed by atoms with Crippen molar-refractivity contribution in [2.24, 2.45) is 0 Å². The van der Waals surface area contributed by atoms with Crippen LogP contribution in [-0.2, 0) is 15.5 Å².